The van der Waals surface area contributed by atoms with Gasteiger partial charge in [-0.25, -0.2) is 4.98 Å². The molecule has 0 unspecified atom stereocenters. The summed E-state index contributed by atoms with van der Waals surface area (Å²) in [6.07, 6.45) is 2.89. The molecule has 100 valence electrons. The number of thiazole rings is 1. The molecule has 0 saturated heterocycles. The highest BCUT2D eigenvalue weighted by Gasteiger charge is 2.08. The smallest absolute Gasteiger partial charge is 0.194 e. The van der Waals surface area contributed by atoms with E-state index in [1.165, 1.54) is 15.8 Å². The average Bonchev–Trinajstić information content (AvgIpc) is 3.05. The second kappa shape index (κ2) is 4.72. The average molecular weight is 289 g/mol. The van der Waals surface area contributed by atoms with Crippen molar-refractivity contribution >= 4 is 26.5 Å². The molecule has 0 atom stereocenters. The van der Waals surface area contributed by atoms with Gasteiger partial charge in [0.2, 0.25) is 0 Å². The van der Waals surface area contributed by atoms with Crippen LogP contribution in [-0.4, -0.2) is 9.38 Å². The van der Waals surface area contributed by atoms with E-state index in [1.807, 2.05) is 24.3 Å². The van der Waals surface area contributed by atoms with Gasteiger partial charge in [0.05, 0.1) is 27.5 Å². The molecule has 2 heterocycles. The van der Waals surface area contributed by atoms with Crippen molar-refractivity contribution in [1.29, 1.82) is 5.26 Å². The van der Waals surface area contributed by atoms with E-state index >= 15 is 0 Å². The Morgan fingerprint density at radius 1 is 1.10 bits per heavy atom. The van der Waals surface area contributed by atoms with Crippen molar-refractivity contribution in [3.05, 3.63) is 71.5 Å². The van der Waals surface area contributed by atoms with Crippen LogP contribution in [0.2, 0.25) is 0 Å². The van der Waals surface area contributed by atoms with Crippen molar-refractivity contribution in [2.24, 2.45) is 0 Å². The molecule has 0 bridgehead atoms. The van der Waals surface area contributed by atoms with E-state index in [0.29, 0.717) is 5.56 Å². The summed E-state index contributed by atoms with van der Waals surface area (Å²) in [5.41, 5.74) is 4.12. The fourth-order valence-corrected chi connectivity index (χ4v) is 3.51. The maximum atomic E-state index is 8.82. The minimum atomic E-state index is 0.690. The van der Waals surface area contributed by atoms with Crippen molar-refractivity contribution in [3.8, 4) is 6.07 Å². The normalized spacial score (nSPS) is 11.0. The first kappa shape index (κ1) is 12.1. The molecule has 21 heavy (non-hydrogen) atoms. The van der Waals surface area contributed by atoms with Gasteiger partial charge in [-0.15, -0.1) is 0 Å². The molecule has 2 aromatic heterocycles. The molecular formula is C17H11N3S. The molecule has 4 aromatic rings. The molecule has 0 aliphatic heterocycles. The Morgan fingerprint density at radius 2 is 1.90 bits per heavy atom. The van der Waals surface area contributed by atoms with Crippen LogP contribution in [0, 0.1) is 11.3 Å². The second-order valence-electron chi connectivity index (χ2n) is 4.94. The lowest BCUT2D eigenvalue weighted by Crippen LogP contribution is -1.88. The molecule has 4 heteroatoms. The van der Waals surface area contributed by atoms with Crippen molar-refractivity contribution in [2.45, 2.75) is 6.42 Å². The number of hydrogen-bond donors (Lipinski definition) is 0. The Balaban J connectivity index is 1.71. The summed E-state index contributed by atoms with van der Waals surface area (Å²) in [5, 5.41) is 8.82. The van der Waals surface area contributed by atoms with Crippen LogP contribution in [0.25, 0.3) is 15.2 Å². The molecule has 0 radical (unpaired) electrons. The van der Waals surface area contributed by atoms with Gasteiger partial charge in [0.25, 0.3) is 0 Å². The van der Waals surface area contributed by atoms with E-state index in [2.05, 4.69) is 40.9 Å². The van der Waals surface area contributed by atoms with Crippen molar-refractivity contribution in [2.75, 3.05) is 0 Å². The minimum absolute atomic E-state index is 0.690. The predicted octanol–water partition coefficient (Wildman–Crippen LogP) is 4.01. The summed E-state index contributed by atoms with van der Waals surface area (Å²) in [4.78, 5) is 5.73. The van der Waals surface area contributed by atoms with Crippen LogP contribution in [0.15, 0.2) is 54.7 Å². The van der Waals surface area contributed by atoms with Gasteiger partial charge in [-0.05, 0) is 29.8 Å². The SMILES string of the molecule is N#Cc1ccc(Cc2cn3c(n2)sc2ccccc23)cc1. The van der Waals surface area contributed by atoms with Gasteiger partial charge in [-0.2, -0.15) is 5.26 Å². The van der Waals surface area contributed by atoms with E-state index < -0.39 is 0 Å². The molecule has 2 aromatic carbocycles. The van der Waals surface area contributed by atoms with Crippen molar-refractivity contribution in [3.63, 3.8) is 0 Å². The van der Waals surface area contributed by atoms with Gasteiger partial charge in [0, 0.05) is 12.6 Å². The maximum Gasteiger partial charge on any atom is 0.194 e. The number of para-hydroxylation sites is 1. The monoisotopic (exact) mass is 289 g/mol. The number of fused-ring (bicyclic) bond motifs is 3. The standard InChI is InChI=1S/C17H11N3S/c18-10-13-7-5-12(6-8-13)9-14-11-20-15-3-1-2-4-16(15)21-17(20)19-14/h1-8,11H,9H2. The molecule has 0 fully saturated rings. The number of benzene rings is 2. The van der Waals surface area contributed by atoms with Crippen molar-refractivity contribution < 1.29 is 0 Å². The number of aromatic nitrogens is 2. The maximum absolute atomic E-state index is 8.82. The quantitative estimate of drug-likeness (QED) is 0.559. The molecule has 0 aliphatic rings. The predicted molar refractivity (Wildman–Crippen MR) is 84.5 cm³/mol. The third kappa shape index (κ3) is 2.08. The Morgan fingerprint density at radius 3 is 2.71 bits per heavy atom. The fourth-order valence-electron chi connectivity index (χ4n) is 2.49. The van der Waals surface area contributed by atoms with Crippen LogP contribution in [0.4, 0.5) is 0 Å². The highest BCUT2D eigenvalue weighted by atomic mass is 32.1. The molecule has 4 rings (SSSR count). The zero-order valence-electron chi connectivity index (χ0n) is 11.2. The molecule has 0 spiro atoms. The van der Waals surface area contributed by atoms with Gasteiger partial charge >= 0.3 is 0 Å². The number of nitrogens with zero attached hydrogens (tertiary/aromatic N) is 3. The third-order valence-corrected chi connectivity index (χ3v) is 4.55. The van der Waals surface area contributed by atoms with Gasteiger partial charge in [0.1, 0.15) is 0 Å². The zero-order chi connectivity index (χ0) is 14.2. The lowest BCUT2D eigenvalue weighted by atomic mass is 10.1. The number of imidazole rings is 1. The highest BCUT2D eigenvalue weighted by molar-refractivity contribution is 7.23. The molecule has 0 N–H and O–H groups in total. The van der Waals surface area contributed by atoms with E-state index in [-0.39, 0.29) is 0 Å². The van der Waals surface area contributed by atoms with Crippen LogP contribution in [0.1, 0.15) is 16.8 Å². The highest BCUT2D eigenvalue weighted by Crippen LogP contribution is 2.26. The van der Waals surface area contributed by atoms with Gasteiger partial charge < -0.3 is 0 Å². The van der Waals surface area contributed by atoms with E-state index in [4.69, 9.17) is 10.2 Å². The summed E-state index contributed by atoms with van der Waals surface area (Å²) in [7, 11) is 0. The van der Waals surface area contributed by atoms with Crippen LogP contribution in [-0.2, 0) is 6.42 Å². The van der Waals surface area contributed by atoms with Crippen LogP contribution >= 0.6 is 11.3 Å². The first-order valence-electron chi connectivity index (χ1n) is 6.68. The van der Waals surface area contributed by atoms with Crippen LogP contribution in [0.5, 0.6) is 0 Å². The summed E-state index contributed by atoms with van der Waals surface area (Å²) < 4.78 is 3.41. The molecule has 0 aliphatic carbocycles. The summed E-state index contributed by atoms with van der Waals surface area (Å²) in [6, 6.07) is 18.2. The number of rotatable bonds is 2. The Labute approximate surface area is 125 Å². The van der Waals surface area contributed by atoms with E-state index in [0.717, 1.165) is 17.1 Å². The lowest BCUT2D eigenvalue weighted by molar-refractivity contribution is 1.11. The number of nitriles is 1. The van der Waals surface area contributed by atoms with E-state index in [1.54, 1.807) is 11.3 Å². The molecule has 0 amide bonds. The summed E-state index contributed by atoms with van der Waals surface area (Å²) >= 11 is 1.71. The van der Waals surface area contributed by atoms with Gasteiger partial charge in [-0.1, -0.05) is 35.6 Å². The first-order chi connectivity index (χ1) is 10.3. The zero-order valence-corrected chi connectivity index (χ0v) is 12.0. The van der Waals surface area contributed by atoms with Crippen molar-refractivity contribution in [1.82, 2.24) is 9.38 Å². The topological polar surface area (TPSA) is 41.1 Å². The first-order valence-corrected chi connectivity index (χ1v) is 7.50. The molecular weight excluding hydrogens is 278 g/mol. The second-order valence-corrected chi connectivity index (χ2v) is 5.95. The van der Waals surface area contributed by atoms with E-state index in [9.17, 15) is 0 Å². The van der Waals surface area contributed by atoms with Gasteiger partial charge in [-0.3, -0.25) is 4.40 Å². The molecule has 3 nitrogen and oxygen atoms in total. The fraction of sp³-hybridized carbons (Fsp3) is 0.0588. The third-order valence-electron chi connectivity index (χ3n) is 3.52. The van der Waals surface area contributed by atoms with Crippen LogP contribution in [0.3, 0.4) is 0 Å². The Hall–Kier alpha value is -2.64. The number of hydrogen-bond acceptors (Lipinski definition) is 3. The molecule has 0 saturated carbocycles. The minimum Gasteiger partial charge on any atom is -0.290 e. The Kier molecular flexibility index (Phi) is 2.73. The largest absolute Gasteiger partial charge is 0.290 e. The van der Waals surface area contributed by atoms with Gasteiger partial charge in [0.15, 0.2) is 4.96 Å². The van der Waals surface area contributed by atoms with Crippen LogP contribution < -0.4 is 0 Å². The summed E-state index contributed by atoms with van der Waals surface area (Å²) in [5.74, 6) is 0. The Bertz CT molecular complexity index is 971. The summed E-state index contributed by atoms with van der Waals surface area (Å²) in [6.45, 7) is 0. The lowest BCUT2D eigenvalue weighted by Gasteiger charge is -1.97.